The van der Waals surface area contributed by atoms with Gasteiger partial charge in [0.15, 0.2) is 0 Å². The number of nitrogens with one attached hydrogen (secondary N) is 1. The Labute approximate surface area is 250 Å². The van der Waals surface area contributed by atoms with Crippen molar-refractivity contribution in [2.45, 2.75) is 63.3 Å². The van der Waals surface area contributed by atoms with Gasteiger partial charge in [-0.1, -0.05) is 24.6 Å². The fourth-order valence-electron chi connectivity index (χ4n) is 6.02. The SMILES string of the molecule is NC(=O)C(CCC=O)N1C(=O)c2ccc(NCCCCCC(=O)N3CCC(c4cnc5ccccc5c4)CC3)cc2C1=O. The second-order valence-corrected chi connectivity index (χ2v) is 11.3. The quantitative estimate of drug-likeness (QED) is 0.176. The maximum absolute atomic E-state index is 13.0. The van der Waals surface area contributed by atoms with Crippen LogP contribution in [0.1, 0.15) is 83.6 Å². The third-order valence-corrected chi connectivity index (χ3v) is 8.44. The number of piperidine rings is 1. The van der Waals surface area contributed by atoms with E-state index in [4.69, 9.17) is 5.73 Å². The average molecular weight is 584 g/mol. The third-order valence-electron chi connectivity index (χ3n) is 8.44. The minimum atomic E-state index is -1.16. The summed E-state index contributed by atoms with van der Waals surface area (Å²) in [6.45, 7) is 2.19. The van der Waals surface area contributed by atoms with Crippen molar-refractivity contribution < 1.29 is 24.0 Å². The van der Waals surface area contributed by atoms with Crippen molar-refractivity contribution in [1.82, 2.24) is 14.8 Å². The Bertz CT molecular complexity index is 1530. The van der Waals surface area contributed by atoms with Gasteiger partial charge in [-0.3, -0.25) is 29.1 Å². The number of aromatic nitrogens is 1. The highest BCUT2D eigenvalue weighted by Gasteiger charge is 2.42. The van der Waals surface area contributed by atoms with Gasteiger partial charge in [-0.15, -0.1) is 0 Å². The molecule has 5 rings (SSSR count). The Morgan fingerprint density at radius 2 is 1.77 bits per heavy atom. The van der Waals surface area contributed by atoms with Gasteiger partial charge in [0.05, 0.1) is 16.6 Å². The summed E-state index contributed by atoms with van der Waals surface area (Å²) in [6.07, 6.45) is 7.57. The summed E-state index contributed by atoms with van der Waals surface area (Å²) in [5.41, 5.74) is 8.77. The molecule has 2 aromatic carbocycles. The molecule has 0 saturated carbocycles. The number of rotatable bonds is 13. The number of para-hydroxylation sites is 1. The molecule has 1 fully saturated rings. The van der Waals surface area contributed by atoms with Gasteiger partial charge in [0, 0.05) is 49.7 Å². The number of carbonyl (C=O) groups is 5. The lowest BCUT2D eigenvalue weighted by molar-refractivity contribution is -0.132. The van der Waals surface area contributed by atoms with E-state index in [0.717, 1.165) is 61.0 Å². The van der Waals surface area contributed by atoms with E-state index in [9.17, 15) is 24.0 Å². The van der Waals surface area contributed by atoms with Crippen LogP contribution >= 0.6 is 0 Å². The lowest BCUT2D eigenvalue weighted by Crippen LogP contribution is -2.47. The Morgan fingerprint density at radius 1 is 1.00 bits per heavy atom. The van der Waals surface area contributed by atoms with Gasteiger partial charge in [0.1, 0.15) is 12.3 Å². The standard InChI is InChI=1S/C33H37N5O5/c34-31(41)29(9-6-18-39)38-32(42)26-12-11-25(20-27(26)33(38)43)35-15-5-1-2-10-30(40)37-16-13-22(14-17-37)24-19-23-7-3-4-8-28(23)36-21-24/h3-4,7-8,11-12,18-22,29,35H,1-2,5-6,9-10,13-17H2,(H2,34,41). The fraction of sp³-hybridized carbons (Fsp3) is 0.394. The molecule has 1 unspecified atom stereocenters. The normalized spacial score (nSPS) is 15.9. The molecule has 0 bridgehead atoms. The Kier molecular flexibility index (Phi) is 9.44. The monoisotopic (exact) mass is 583 g/mol. The number of benzene rings is 2. The lowest BCUT2D eigenvalue weighted by Gasteiger charge is -2.32. The number of pyridine rings is 1. The summed E-state index contributed by atoms with van der Waals surface area (Å²) in [4.78, 5) is 68.7. The van der Waals surface area contributed by atoms with Crippen LogP contribution in [0.25, 0.3) is 10.9 Å². The van der Waals surface area contributed by atoms with Crippen LogP contribution in [0, 0.1) is 0 Å². The number of likely N-dealkylation sites (tertiary alicyclic amines) is 1. The number of carbonyl (C=O) groups excluding carboxylic acids is 5. The lowest BCUT2D eigenvalue weighted by atomic mass is 9.89. The first-order chi connectivity index (χ1) is 20.9. The highest BCUT2D eigenvalue weighted by molar-refractivity contribution is 6.23. The summed E-state index contributed by atoms with van der Waals surface area (Å²) in [5, 5.41) is 4.43. The van der Waals surface area contributed by atoms with Gasteiger partial charge in [-0.05, 0) is 73.9 Å². The molecule has 224 valence electrons. The van der Waals surface area contributed by atoms with Crippen LogP contribution in [0.15, 0.2) is 54.7 Å². The molecule has 3 N–H and O–H groups in total. The molecule has 1 atom stereocenters. The molecule has 0 radical (unpaired) electrons. The first-order valence-electron chi connectivity index (χ1n) is 15.0. The molecule has 10 heteroatoms. The summed E-state index contributed by atoms with van der Waals surface area (Å²) < 4.78 is 0. The third kappa shape index (κ3) is 6.74. The zero-order valence-electron chi connectivity index (χ0n) is 24.2. The number of nitrogens with two attached hydrogens (primary N) is 1. The van der Waals surface area contributed by atoms with Crippen molar-refractivity contribution in [3.05, 3.63) is 71.4 Å². The van der Waals surface area contributed by atoms with Gasteiger partial charge < -0.3 is 20.7 Å². The van der Waals surface area contributed by atoms with E-state index < -0.39 is 23.8 Å². The van der Waals surface area contributed by atoms with Crippen LogP contribution in [0.3, 0.4) is 0 Å². The maximum atomic E-state index is 13.0. The molecule has 0 spiro atoms. The van der Waals surface area contributed by atoms with Gasteiger partial charge in [0.25, 0.3) is 11.8 Å². The predicted molar refractivity (Wildman–Crippen MR) is 162 cm³/mol. The number of nitrogens with zero attached hydrogens (tertiary/aromatic N) is 3. The highest BCUT2D eigenvalue weighted by Crippen LogP contribution is 2.30. The number of fused-ring (bicyclic) bond motifs is 2. The smallest absolute Gasteiger partial charge is 0.262 e. The maximum Gasteiger partial charge on any atom is 0.262 e. The van der Waals surface area contributed by atoms with E-state index in [1.165, 1.54) is 5.56 Å². The fourth-order valence-corrected chi connectivity index (χ4v) is 6.02. The molecule has 1 aromatic heterocycles. The number of anilines is 1. The minimum absolute atomic E-state index is 0.000767. The first kappa shape index (κ1) is 29.9. The van der Waals surface area contributed by atoms with E-state index in [2.05, 4.69) is 22.4 Å². The molecule has 4 amide bonds. The molecular formula is C33H37N5O5. The topological polar surface area (TPSA) is 143 Å². The van der Waals surface area contributed by atoms with E-state index in [-0.39, 0.29) is 29.9 Å². The second kappa shape index (κ2) is 13.6. The van der Waals surface area contributed by atoms with Gasteiger partial charge >= 0.3 is 0 Å². The van der Waals surface area contributed by atoms with E-state index in [1.807, 2.05) is 29.3 Å². The molecule has 2 aliphatic rings. The number of unbranched alkanes of at least 4 members (excludes halogenated alkanes) is 2. The predicted octanol–water partition coefficient (Wildman–Crippen LogP) is 4.04. The van der Waals surface area contributed by atoms with Crippen molar-refractivity contribution in [1.29, 1.82) is 0 Å². The van der Waals surface area contributed by atoms with Crippen LogP contribution in [-0.4, -0.2) is 70.4 Å². The number of aldehydes is 1. The molecular weight excluding hydrogens is 546 g/mol. The Hall–Kier alpha value is -4.60. The van der Waals surface area contributed by atoms with Crippen LogP contribution in [0.2, 0.25) is 0 Å². The first-order valence-corrected chi connectivity index (χ1v) is 15.0. The molecule has 3 aromatic rings. The molecule has 0 aliphatic carbocycles. The zero-order valence-corrected chi connectivity index (χ0v) is 24.2. The molecule has 43 heavy (non-hydrogen) atoms. The minimum Gasteiger partial charge on any atom is -0.385 e. The van der Waals surface area contributed by atoms with Crippen LogP contribution in [0.5, 0.6) is 0 Å². The van der Waals surface area contributed by atoms with Crippen molar-refractivity contribution in [3.8, 4) is 0 Å². The largest absolute Gasteiger partial charge is 0.385 e. The van der Waals surface area contributed by atoms with Crippen molar-refractivity contribution in [2.24, 2.45) is 5.73 Å². The van der Waals surface area contributed by atoms with Gasteiger partial charge in [-0.25, -0.2) is 0 Å². The van der Waals surface area contributed by atoms with Crippen molar-refractivity contribution >= 4 is 46.5 Å². The number of hydrogen-bond acceptors (Lipinski definition) is 7. The van der Waals surface area contributed by atoms with E-state index in [0.29, 0.717) is 30.9 Å². The molecule has 2 aliphatic heterocycles. The molecule has 10 nitrogen and oxygen atoms in total. The number of amides is 4. The Balaban J connectivity index is 1.02. The summed E-state index contributed by atoms with van der Waals surface area (Å²) >= 11 is 0. The highest BCUT2D eigenvalue weighted by atomic mass is 16.2. The zero-order chi connectivity index (χ0) is 30.3. The molecule has 3 heterocycles. The van der Waals surface area contributed by atoms with Crippen LogP contribution < -0.4 is 11.1 Å². The molecule has 1 saturated heterocycles. The van der Waals surface area contributed by atoms with Crippen LogP contribution in [0.4, 0.5) is 5.69 Å². The second-order valence-electron chi connectivity index (χ2n) is 11.3. The van der Waals surface area contributed by atoms with Crippen molar-refractivity contribution in [3.63, 3.8) is 0 Å². The van der Waals surface area contributed by atoms with E-state index in [1.54, 1.807) is 18.2 Å². The number of imide groups is 1. The van der Waals surface area contributed by atoms with Crippen molar-refractivity contribution in [2.75, 3.05) is 25.0 Å². The summed E-state index contributed by atoms with van der Waals surface area (Å²) in [6, 6.07) is 14.1. The van der Waals surface area contributed by atoms with Gasteiger partial charge in [-0.2, -0.15) is 0 Å². The summed E-state index contributed by atoms with van der Waals surface area (Å²) in [5.74, 6) is -1.36. The number of hydrogen-bond donors (Lipinski definition) is 2. The number of primary amides is 1. The van der Waals surface area contributed by atoms with E-state index >= 15 is 0 Å². The summed E-state index contributed by atoms with van der Waals surface area (Å²) in [7, 11) is 0. The van der Waals surface area contributed by atoms with Gasteiger partial charge in [0.2, 0.25) is 11.8 Å². The average Bonchev–Trinajstić information content (AvgIpc) is 3.27. The van der Waals surface area contributed by atoms with Crippen LogP contribution in [-0.2, 0) is 14.4 Å². The Morgan fingerprint density at radius 3 is 2.53 bits per heavy atom.